The van der Waals surface area contributed by atoms with Crippen LogP contribution in [0.25, 0.3) is 10.9 Å². The van der Waals surface area contributed by atoms with E-state index in [4.69, 9.17) is 5.73 Å². The fraction of sp³-hybridized carbons (Fsp3) is 0. The molecule has 98 valence electrons. The molecule has 3 rings (SSSR count). The maximum Gasteiger partial charge on any atom is 0.248 e. The molecule has 0 aliphatic carbocycles. The highest BCUT2D eigenvalue weighted by Crippen LogP contribution is 2.19. The molecule has 0 fully saturated rings. The van der Waals surface area contributed by atoms with Crippen molar-refractivity contribution in [1.82, 2.24) is 4.98 Å². The van der Waals surface area contributed by atoms with Crippen LogP contribution < -0.4 is 11.1 Å². The van der Waals surface area contributed by atoms with Gasteiger partial charge in [-0.1, -0.05) is 18.2 Å². The second kappa shape index (κ2) is 5.01. The van der Waals surface area contributed by atoms with Crippen LogP contribution in [0.3, 0.4) is 0 Å². The summed E-state index contributed by atoms with van der Waals surface area (Å²) in [6.45, 7) is 0. The molecular weight excluding hydrogens is 250 g/mol. The Morgan fingerprint density at radius 2 is 1.70 bits per heavy atom. The Hall–Kier alpha value is -2.88. The van der Waals surface area contributed by atoms with Crippen molar-refractivity contribution in [2.75, 3.05) is 5.32 Å². The van der Waals surface area contributed by atoms with E-state index in [2.05, 4.69) is 10.3 Å². The second-order valence-electron chi connectivity index (χ2n) is 4.46. The van der Waals surface area contributed by atoms with Crippen molar-refractivity contribution < 1.29 is 4.79 Å². The van der Waals surface area contributed by atoms with Crippen LogP contribution >= 0.6 is 0 Å². The summed E-state index contributed by atoms with van der Waals surface area (Å²) in [4.78, 5) is 15.5. The standard InChI is InChI=1S/C16H13N3O/c17-16(20)12-5-8-13(9-6-12)18-15-10-7-11-3-1-2-4-14(11)19-15/h1-10H,(H2,17,20)(H,18,19). The summed E-state index contributed by atoms with van der Waals surface area (Å²) >= 11 is 0. The molecule has 0 aliphatic rings. The Kier molecular flexibility index (Phi) is 3.05. The number of rotatable bonds is 3. The number of nitrogens with zero attached hydrogens (tertiary/aromatic N) is 1. The quantitative estimate of drug-likeness (QED) is 0.763. The molecule has 1 amide bonds. The van der Waals surface area contributed by atoms with E-state index < -0.39 is 5.91 Å². The van der Waals surface area contributed by atoms with Crippen molar-refractivity contribution in [3.05, 3.63) is 66.2 Å². The summed E-state index contributed by atoms with van der Waals surface area (Å²) in [5.41, 5.74) is 7.49. The number of hydrogen-bond acceptors (Lipinski definition) is 3. The Balaban J connectivity index is 1.87. The van der Waals surface area contributed by atoms with Gasteiger partial charge in [-0.25, -0.2) is 4.98 Å². The number of carbonyl (C=O) groups is 1. The molecule has 1 aromatic heterocycles. The Bertz CT molecular complexity index is 766. The van der Waals surface area contributed by atoms with E-state index in [0.717, 1.165) is 22.4 Å². The number of anilines is 2. The maximum absolute atomic E-state index is 11.0. The lowest BCUT2D eigenvalue weighted by Crippen LogP contribution is -2.10. The molecule has 2 aromatic carbocycles. The van der Waals surface area contributed by atoms with E-state index in [9.17, 15) is 4.79 Å². The van der Waals surface area contributed by atoms with Gasteiger partial charge in [0.1, 0.15) is 5.82 Å². The summed E-state index contributed by atoms with van der Waals surface area (Å²) in [7, 11) is 0. The lowest BCUT2D eigenvalue weighted by molar-refractivity contribution is 0.100. The molecule has 4 heteroatoms. The molecule has 0 aliphatic heterocycles. The summed E-state index contributed by atoms with van der Waals surface area (Å²) in [5, 5.41) is 4.30. The molecule has 0 unspecified atom stereocenters. The van der Waals surface area contributed by atoms with Crippen molar-refractivity contribution >= 4 is 28.3 Å². The van der Waals surface area contributed by atoms with Gasteiger partial charge in [-0.15, -0.1) is 0 Å². The topological polar surface area (TPSA) is 68.0 Å². The molecule has 0 bridgehead atoms. The monoisotopic (exact) mass is 263 g/mol. The van der Waals surface area contributed by atoms with Crippen LogP contribution in [0.5, 0.6) is 0 Å². The van der Waals surface area contributed by atoms with E-state index in [1.54, 1.807) is 24.3 Å². The van der Waals surface area contributed by atoms with E-state index in [-0.39, 0.29) is 0 Å². The van der Waals surface area contributed by atoms with Crippen LogP contribution in [0.4, 0.5) is 11.5 Å². The van der Waals surface area contributed by atoms with Gasteiger partial charge in [-0.2, -0.15) is 0 Å². The molecule has 0 spiro atoms. The number of fused-ring (bicyclic) bond motifs is 1. The number of benzene rings is 2. The van der Waals surface area contributed by atoms with Crippen LogP contribution in [0.2, 0.25) is 0 Å². The first-order valence-electron chi connectivity index (χ1n) is 6.25. The molecule has 1 heterocycles. The first-order chi connectivity index (χ1) is 9.72. The number of aromatic nitrogens is 1. The van der Waals surface area contributed by atoms with E-state index in [0.29, 0.717) is 5.56 Å². The minimum atomic E-state index is -0.430. The van der Waals surface area contributed by atoms with Gasteiger partial charge in [0.25, 0.3) is 0 Å². The van der Waals surface area contributed by atoms with Gasteiger partial charge in [0.2, 0.25) is 5.91 Å². The largest absolute Gasteiger partial charge is 0.366 e. The SMILES string of the molecule is NC(=O)c1ccc(Nc2ccc3ccccc3n2)cc1. The summed E-state index contributed by atoms with van der Waals surface area (Å²) in [6.07, 6.45) is 0. The van der Waals surface area contributed by atoms with Gasteiger partial charge in [-0.05, 0) is 42.5 Å². The third-order valence-corrected chi connectivity index (χ3v) is 3.04. The van der Waals surface area contributed by atoms with Crippen molar-refractivity contribution in [2.24, 2.45) is 5.73 Å². The van der Waals surface area contributed by atoms with Gasteiger partial charge in [0, 0.05) is 16.6 Å². The average molecular weight is 263 g/mol. The second-order valence-corrected chi connectivity index (χ2v) is 4.46. The molecule has 0 saturated heterocycles. The number of para-hydroxylation sites is 1. The first kappa shape index (κ1) is 12.2. The lowest BCUT2D eigenvalue weighted by Gasteiger charge is -2.07. The molecule has 4 nitrogen and oxygen atoms in total. The number of pyridine rings is 1. The Morgan fingerprint density at radius 1 is 0.950 bits per heavy atom. The van der Waals surface area contributed by atoms with Gasteiger partial charge >= 0.3 is 0 Å². The van der Waals surface area contributed by atoms with E-state index in [1.165, 1.54) is 0 Å². The molecule has 0 saturated carbocycles. The normalized spacial score (nSPS) is 10.4. The molecule has 0 atom stereocenters. The molecular formula is C16H13N3O. The summed E-state index contributed by atoms with van der Waals surface area (Å²) in [5.74, 6) is 0.330. The highest BCUT2D eigenvalue weighted by molar-refractivity contribution is 5.93. The number of primary amides is 1. The lowest BCUT2D eigenvalue weighted by atomic mass is 10.2. The Labute approximate surface area is 116 Å². The third kappa shape index (κ3) is 2.44. The molecule has 20 heavy (non-hydrogen) atoms. The van der Waals surface area contributed by atoms with Gasteiger partial charge in [0.05, 0.1) is 5.52 Å². The summed E-state index contributed by atoms with van der Waals surface area (Å²) in [6, 6.07) is 18.9. The molecule has 3 N–H and O–H groups in total. The highest BCUT2D eigenvalue weighted by Gasteiger charge is 2.01. The van der Waals surface area contributed by atoms with Gasteiger partial charge in [-0.3, -0.25) is 4.79 Å². The third-order valence-electron chi connectivity index (χ3n) is 3.04. The fourth-order valence-corrected chi connectivity index (χ4v) is 2.00. The number of hydrogen-bond donors (Lipinski definition) is 2. The van der Waals surface area contributed by atoms with Crippen molar-refractivity contribution in [1.29, 1.82) is 0 Å². The van der Waals surface area contributed by atoms with Gasteiger partial charge < -0.3 is 11.1 Å². The molecule has 3 aromatic rings. The zero-order chi connectivity index (χ0) is 13.9. The zero-order valence-electron chi connectivity index (χ0n) is 10.7. The molecule has 0 radical (unpaired) electrons. The van der Waals surface area contributed by atoms with Crippen molar-refractivity contribution in [3.8, 4) is 0 Å². The fourth-order valence-electron chi connectivity index (χ4n) is 2.00. The van der Waals surface area contributed by atoms with Crippen molar-refractivity contribution in [3.63, 3.8) is 0 Å². The highest BCUT2D eigenvalue weighted by atomic mass is 16.1. The number of amides is 1. The number of nitrogens with one attached hydrogen (secondary N) is 1. The van der Waals surface area contributed by atoms with E-state index >= 15 is 0 Å². The van der Waals surface area contributed by atoms with Crippen LogP contribution in [-0.2, 0) is 0 Å². The number of nitrogens with two attached hydrogens (primary N) is 1. The minimum absolute atomic E-state index is 0.430. The average Bonchev–Trinajstić information content (AvgIpc) is 2.48. The first-order valence-corrected chi connectivity index (χ1v) is 6.25. The van der Waals surface area contributed by atoms with Crippen LogP contribution in [0, 0.1) is 0 Å². The summed E-state index contributed by atoms with van der Waals surface area (Å²) < 4.78 is 0. The minimum Gasteiger partial charge on any atom is -0.366 e. The van der Waals surface area contributed by atoms with Gasteiger partial charge in [0.15, 0.2) is 0 Å². The van der Waals surface area contributed by atoms with E-state index in [1.807, 2.05) is 36.4 Å². The van der Waals surface area contributed by atoms with Crippen LogP contribution in [0.15, 0.2) is 60.7 Å². The van der Waals surface area contributed by atoms with Crippen LogP contribution in [0.1, 0.15) is 10.4 Å². The predicted molar refractivity (Wildman–Crippen MR) is 80.0 cm³/mol. The van der Waals surface area contributed by atoms with Crippen molar-refractivity contribution in [2.45, 2.75) is 0 Å². The number of carbonyl (C=O) groups excluding carboxylic acids is 1. The maximum atomic E-state index is 11.0. The predicted octanol–water partition coefficient (Wildman–Crippen LogP) is 3.08. The zero-order valence-corrected chi connectivity index (χ0v) is 10.7. The Morgan fingerprint density at radius 3 is 2.45 bits per heavy atom. The smallest absolute Gasteiger partial charge is 0.248 e. The van der Waals surface area contributed by atoms with Crippen LogP contribution in [-0.4, -0.2) is 10.9 Å².